The van der Waals surface area contributed by atoms with Gasteiger partial charge in [0, 0.05) is 13.1 Å². The Bertz CT molecular complexity index is 375. The maximum atomic E-state index is 13.3. The largest absolute Gasteiger partial charge is 0.325 e. The fourth-order valence-electron chi connectivity index (χ4n) is 1.85. The average Bonchev–Trinajstić information content (AvgIpc) is 2.33. The number of carbonyl (C=O) groups is 1. The van der Waals surface area contributed by atoms with Gasteiger partial charge in [0.25, 0.3) is 0 Å². The molecule has 0 aliphatic carbocycles. The number of piperidine rings is 1. The number of likely N-dealkylation sites (tertiary alicyclic amines) is 1. The standard InChI is InChI=1S/C12H15FN2O/c13-10-6-2-3-7-11(10)14-12(16)15-8-4-1-5-9-15/h2-3,6-7H,1,4-5,8-9H2,(H,14,16). The number of hydrogen-bond acceptors (Lipinski definition) is 1. The molecular weight excluding hydrogens is 207 g/mol. The lowest BCUT2D eigenvalue weighted by Gasteiger charge is -2.26. The number of nitrogens with zero attached hydrogens (tertiary/aromatic N) is 1. The van der Waals surface area contributed by atoms with Gasteiger partial charge in [-0.1, -0.05) is 12.1 Å². The van der Waals surface area contributed by atoms with Gasteiger partial charge in [-0.2, -0.15) is 0 Å². The molecule has 1 N–H and O–H groups in total. The van der Waals surface area contributed by atoms with E-state index in [1.807, 2.05) is 0 Å². The molecule has 1 heterocycles. The molecule has 3 nitrogen and oxygen atoms in total. The number of halogens is 1. The van der Waals surface area contributed by atoms with Gasteiger partial charge in [-0.25, -0.2) is 9.18 Å². The van der Waals surface area contributed by atoms with E-state index in [-0.39, 0.29) is 11.7 Å². The molecule has 2 rings (SSSR count). The van der Waals surface area contributed by atoms with Crippen molar-refractivity contribution in [1.29, 1.82) is 0 Å². The third-order valence-electron chi connectivity index (χ3n) is 2.76. The summed E-state index contributed by atoms with van der Waals surface area (Å²) < 4.78 is 13.3. The van der Waals surface area contributed by atoms with E-state index >= 15 is 0 Å². The summed E-state index contributed by atoms with van der Waals surface area (Å²) >= 11 is 0. The number of anilines is 1. The van der Waals surface area contributed by atoms with Gasteiger partial charge in [0.2, 0.25) is 0 Å². The van der Waals surface area contributed by atoms with Gasteiger partial charge < -0.3 is 10.2 Å². The first-order chi connectivity index (χ1) is 7.77. The van der Waals surface area contributed by atoms with Crippen LogP contribution in [0.25, 0.3) is 0 Å². The van der Waals surface area contributed by atoms with Gasteiger partial charge in [-0.15, -0.1) is 0 Å². The molecule has 1 aromatic rings. The third kappa shape index (κ3) is 2.51. The molecule has 0 radical (unpaired) electrons. The van der Waals surface area contributed by atoms with Crippen LogP contribution in [0.3, 0.4) is 0 Å². The van der Waals surface area contributed by atoms with Gasteiger partial charge in [0.1, 0.15) is 5.82 Å². The second kappa shape index (κ2) is 4.96. The van der Waals surface area contributed by atoms with E-state index in [9.17, 15) is 9.18 Å². The normalized spacial score (nSPS) is 15.9. The van der Waals surface area contributed by atoms with Gasteiger partial charge in [0.05, 0.1) is 5.69 Å². The summed E-state index contributed by atoms with van der Waals surface area (Å²) in [5.74, 6) is -0.396. The maximum absolute atomic E-state index is 13.3. The van der Waals surface area contributed by atoms with Gasteiger partial charge in [-0.05, 0) is 31.4 Å². The van der Waals surface area contributed by atoms with Crippen molar-refractivity contribution in [2.24, 2.45) is 0 Å². The lowest BCUT2D eigenvalue weighted by Crippen LogP contribution is -2.38. The molecule has 0 bridgehead atoms. The Morgan fingerprint density at radius 1 is 1.19 bits per heavy atom. The van der Waals surface area contributed by atoms with Crippen molar-refractivity contribution >= 4 is 11.7 Å². The fraction of sp³-hybridized carbons (Fsp3) is 0.417. The van der Waals surface area contributed by atoms with Crippen molar-refractivity contribution in [3.05, 3.63) is 30.1 Å². The van der Waals surface area contributed by atoms with E-state index in [4.69, 9.17) is 0 Å². The number of amides is 2. The quantitative estimate of drug-likeness (QED) is 0.778. The van der Waals surface area contributed by atoms with Crippen LogP contribution in [0.2, 0.25) is 0 Å². The Hall–Kier alpha value is -1.58. The summed E-state index contributed by atoms with van der Waals surface area (Å²) in [6, 6.07) is 6.01. The number of hydrogen-bond donors (Lipinski definition) is 1. The molecule has 0 aromatic heterocycles. The molecule has 1 aliphatic heterocycles. The summed E-state index contributed by atoms with van der Waals surface area (Å²) in [5, 5.41) is 2.59. The third-order valence-corrected chi connectivity index (χ3v) is 2.76. The highest BCUT2D eigenvalue weighted by Gasteiger charge is 2.17. The van der Waals surface area contributed by atoms with Gasteiger partial charge >= 0.3 is 6.03 Å². The molecule has 1 aliphatic rings. The fourth-order valence-corrected chi connectivity index (χ4v) is 1.85. The zero-order valence-corrected chi connectivity index (χ0v) is 9.08. The van der Waals surface area contributed by atoms with Crippen LogP contribution in [0.1, 0.15) is 19.3 Å². The summed E-state index contributed by atoms with van der Waals surface area (Å²) in [6.45, 7) is 1.53. The highest BCUT2D eigenvalue weighted by Crippen LogP contribution is 2.15. The minimum atomic E-state index is -0.396. The molecule has 0 saturated carbocycles. The van der Waals surface area contributed by atoms with Crippen molar-refractivity contribution in [2.45, 2.75) is 19.3 Å². The molecule has 16 heavy (non-hydrogen) atoms. The Labute approximate surface area is 94.3 Å². The topological polar surface area (TPSA) is 32.3 Å². The number of carbonyl (C=O) groups excluding carboxylic acids is 1. The highest BCUT2D eigenvalue weighted by atomic mass is 19.1. The summed E-state index contributed by atoms with van der Waals surface area (Å²) in [6.07, 6.45) is 3.23. The van der Waals surface area contributed by atoms with E-state index in [0.717, 1.165) is 25.9 Å². The predicted octanol–water partition coefficient (Wildman–Crippen LogP) is 2.84. The Morgan fingerprint density at radius 3 is 2.56 bits per heavy atom. The Kier molecular flexibility index (Phi) is 3.39. The van der Waals surface area contributed by atoms with E-state index < -0.39 is 5.82 Å². The van der Waals surface area contributed by atoms with Crippen LogP contribution in [0, 0.1) is 5.82 Å². The Balaban J connectivity index is 1.99. The lowest BCUT2D eigenvalue weighted by atomic mass is 10.1. The maximum Gasteiger partial charge on any atom is 0.321 e. The van der Waals surface area contributed by atoms with Gasteiger partial charge in [-0.3, -0.25) is 0 Å². The van der Waals surface area contributed by atoms with Crippen LogP contribution >= 0.6 is 0 Å². The zero-order chi connectivity index (χ0) is 11.4. The zero-order valence-electron chi connectivity index (χ0n) is 9.08. The SMILES string of the molecule is O=C(Nc1ccccc1F)N1CCCCC1. The van der Waals surface area contributed by atoms with Crippen LogP contribution < -0.4 is 5.32 Å². The molecule has 86 valence electrons. The monoisotopic (exact) mass is 222 g/mol. The van der Waals surface area contributed by atoms with Crippen molar-refractivity contribution in [1.82, 2.24) is 4.90 Å². The van der Waals surface area contributed by atoms with Gasteiger partial charge in [0.15, 0.2) is 0 Å². The van der Waals surface area contributed by atoms with Crippen LogP contribution in [-0.4, -0.2) is 24.0 Å². The van der Waals surface area contributed by atoms with Crippen LogP contribution in [-0.2, 0) is 0 Å². The summed E-state index contributed by atoms with van der Waals surface area (Å²) in [7, 11) is 0. The van der Waals surface area contributed by atoms with Crippen LogP contribution in [0.5, 0.6) is 0 Å². The molecule has 0 atom stereocenters. The van der Waals surface area contributed by atoms with E-state index in [0.29, 0.717) is 0 Å². The summed E-state index contributed by atoms with van der Waals surface area (Å²) in [5.41, 5.74) is 0.248. The minimum Gasteiger partial charge on any atom is -0.325 e. The average molecular weight is 222 g/mol. The second-order valence-electron chi connectivity index (χ2n) is 3.96. The van der Waals surface area contributed by atoms with Crippen molar-refractivity contribution in [3.63, 3.8) is 0 Å². The molecular formula is C12H15FN2O. The Morgan fingerprint density at radius 2 is 1.88 bits per heavy atom. The molecule has 1 aromatic carbocycles. The van der Waals surface area contributed by atoms with Crippen molar-refractivity contribution in [3.8, 4) is 0 Å². The minimum absolute atomic E-state index is 0.204. The molecule has 2 amide bonds. The molecule has 1 fully saturated rings. The summed E-state index contributed by atoms with van der Waals surface area (Å²) in [4.78, 5) is 13.5. The first-order valence-electron chi connectivity index (χ1n) is 5.58. The lowest BCUT2D eigenvalue weighted by molar-refractivity contribution is 0.200. The number of nitrogens with one attached hydrogen (secondary N) is 1. The molecule has 0 spiro atoms. The second-order valence-corrected chi connectivity index (χ2v) is 3.96. The van der Waals surface area contributed by atoms with Crippen LogP contribution in [0.15, 0.2) is 24.3 Å². The predicted molar refractivity (Wildman–Crippen MR) is 60.8 cm³/mol. The molecule has 4 heteroatoms. The first-order valence-corrected chi connectivity index (χ1v) is 5.58. The number of benzene rings is 1. The van der Waals surface area contributed by atoms with Crippen LogP contribution in [0.4, 0.5) is 14.9 Å². The van der Waals surface area contributed by atoms with Crippen molar-refractivity contribution < 1.29 is 9.18 Å². The first kappa shape index (κ1) is 10.9. The highest BCUT2D eigenvalue weighted by molar-refractivity contribution is 5.89. The number of rotatable bonds is 1. The van der Waals surface area contributed by atoms with E-state index in [1.54, 1.807) is 23.1 Å². The van der Waals surface area contributed by atoms with E-state index in [1.165, 1.54) is 12.5 Å². The molecule has 0 unspecified atom stereocenters. The number of urea groups is 1. The molecule has 1 saturated heterocycles. The smallest absolute Gasteiger partial charge is 0.321 e. The van der Waals surface area contributed by atoms with Crippen molar-refractivity contribution in [2.75, 3.05) is 18.4 Å². The number of para-hydroxylation sites is 1. The van der Waals surface area contributed by atoms with E-state index in [2.05, 4.69) is 5.32 Å².